The van der Waals surface area contributed by atoms with Gasteiger partial charge in [-0.05, 0) is 35.3 Å². The van der Waals surface area contributed by atoms with E-state index in [0.717, 1.165) is 6.42 Å². The summed E-state index contributed by atoms with van der Waals surface area (Å²) in [5, 5.41) is 0.0595. The molecule has 0 heterocycles. The number of benzene rings is 1. The molecule has 0 fully saturated rings. The average molecular weight is 325 g/mol. The summed E-state index contributed by atoms with van der Waals surface area (Å²) in [7, 11) is 0. The highest BCUT2D eigenvalue weighted by Crippen LogP contribution is 2.31. The Morgan fingerprint density at radius 2 is 2.12 bits per heavy atom. The molecule has 2 unspecified atom stereocenters. The van der Waals surface area contributed by atoms with Crippen molar-refractivity contribution in [1.29, 1.82) is 0 Å². The smallest absolute Gasteiger partial charge is 0.147 e. The van der Waals surface area contributed by atoms with Crippen LogP contribution in [-0.2, 0) is 4.74 Å². The molecule has 2 atom stereocenters. The maximum Gasteiger partial charge on any atom is 0.147 e. The molecule has 1 aromatic rings. The first-order valence-electron chi connectivity index (χ1n) is 5.53. The zero-order chi connectivity index (χ0) is 13.0. The lowest BCUT2D eigenvalue weighted by Gasteiger charge is -2.23. The number of rotatable bonds is 5. The molecule has 0 spiro atoms. The Balaban J connectivity index is 3.03. The van der Waals surface area contributed by atoms with Crippen molar-refractivity contribution in [3.05, 3.63) is 33.0 Å². The van der Waals surface area contributed by atoms with Gasteiger partial charge in [-0.2, -0.15) is 0 Å². The van der Waals surface area contributed by atoms with Gasteiger partial charge in [-0.3, -0.25) is 0 Å². The summed E-state index contributed by atoms with van der Waals surface area (Å²) in [5.41, 5.74) is 6.40. The normalized spacial score (nSPS) is 14.7. The highest BCUT2D eigenvalue weighted by Gasteiger charge is 2.23. The molecule has 2 N–H and O–H groups in total. The SMILES string of the molecule is CCOC(CC)C(N)c1ccc(Br)c(Cl)c1F. The van der Waals surface area contributed by atoms with Crippen molar-refractivity contribution in [2.75, 3.05) is 6.61 Å². The summed E-state index contributed by atoms with van der Waals surface area (Å²) in [4.78, 5) is 0. The lowest BCUT2D eigenvalue weighted by molar-refractivity contribution is 0.0405. The second kappa shape index (κ2) is 6.69. The third kappa shape index (κ3) is 3.41. The van der Waals surface area contributed by atoms with E-state index in [1.54, 1.807) is 12.1 Å². The van der Waals surface area contributed by atoms with Crippen LogP contribution in [0.1, 0.15) is 31.9 Å². The van der Waals surface area contributed by atoms with E-state index in [-0.39, 0.29) is 11.1 Å². The summed E-state index contributed by atoms with van der Waals surface area (Å²) in [6, 6.07) is 2.82. The van der Waals surface area contributed by atoms with Gasteiger partial charge in [0.15, 0.2) is 0 Å². The van der Waals surface area contributed by atoms with E-state index in [9.17, 15) is 4.39 Å². The van der Waals surface area contributed by atoms with E-state index in [0.29, 0.717) is 16.6 Å². The van der Waals surface area contributed by atoms with Gasteiger partial charge < -0.3 is 10.5 Å². The lowest BCUT2D eigenvalue weighted by atomic mass is 10.00. The molecule has 0 aromatic heterocycles. The lowest BCUT2D eigenvalue weighted by Crippen LogP contribution is -2.29. The summed E-state index contributed by atoms with van der Waals surface area (Å²) in [6.07, 6.45) is 0.522. The monoisotopic (exact) mass is 323 g/mol. The Morgan fingerprint density at radius 1 is 1.47 bits per heavy atom. The van der Waals surface area contributed by atoms with Crippen molar-refractivity contribution in [3.8, 4) is 0 Å². The molecule has 0 aliphatic heterocycles. The van der Waals surface area contributed by atoms with Crippen molar-refractivity contribution >= 4 is 27.5 Å². The first kappa shape index (κ1) is 14.9. The van der Waals surface area contributed by atoms with Gasteiger partial charge in [0.2, 0.25) is 0 Å². The first-order valence-corrected chi connectivity index (χ1v) is 6.70. The molecule has 0 aliphatic carbocycles. The summed E-state index contributed by atoms with van der Waals surface area (Å²) < 4.78 is 20.0. The fourth-order valence-electron chi connectivity index (χ4n) is 1.69. The van der Waals surface area contributed by atoms with Crippen LogP contribution in [0, 0.1) is 5.82 Å². The van der Waals surface area contributed by atoms with Crippen LogP contribution in [0.15, 0.2) is 16.6 Å². The van der Waals surface area contributed by atoms with Crippen LogP contribution in [0.4, 0.5) is 4.39 Å². The standard InChI is InChI=1S/C12H16BrClFNO/c1-3-9(17-4-2)12(16)7-5-6-8(13)10(14)11(7)15/h5-6,9,12H,3-4,16H2,1-2H3. The van der Waals surface area contributed by atoms with Gasteiger partial charge in [0.05, 0.1) is 17.2 Å². The molecule has 0 aliphatic rings. The van der Waals surface area contributed by atoms with Gasteiger partial charge >= 0.3 is 0 Å². The zero-order valence-electron chi connectivity index (χ0n) is 9.84. The number of hydrogen-bond acceptors (Lipinski definition) is 2. The number of nitrogens with two attached hydrogens (primary N) is 1. The summed E-state index contributed by atoms with van der Waals surface area (Å²) in [6.45, 7) is 4.40. The Hall–Kier alpha value is -0.160. The van der Waals surface area contributed by atoms with E-state index in [2.05, 4.69) is 15.9 Å². The Morgan fingerprint density at radius 3 is 2.65 bits per heavy atom. The third-order valence-corrected chi connectivity index (χ3v) is 3.87. The largest absolute Gasteiger partial charge is 0.377 e. The van der Waals surface area contributed by atoms with Crippen LogP contribution < -0.4 is 5.73 Å². The molecule has 0 bridgehead atoms. The van der Waals surface area contributed by atoms with E-state index in [4.69, 9.17) is 22.1 Å². The second-order valence-electron chi connectivity index (χ2n) is 3.69. The minimum absolute atomic E-state index is 0.0595. The predicted molar refractivity (Wildman–Crippen MR) is 71.7 cm³/mol. The van der Waals surface area contributed by atoms with Crippen LogP contribution in [0.5, 0.6) is 0 Å². The van der Waals surface area contributed by atoms with Crippen molar-refractivity contribution in [2.24, 2.45) is 5.73 Å². The number of halogens is 3. The molecule has 96 valence electrons. The van der Waals surface area contributed by atoms with E-state index in [1.165, 1.54) is 0 Å². The van der Waals surface area contributed by atoms with Gasteiger partial charge in [0.25, 0.3) is 0 Å². The molecule has 5 heteroatoms. The van der Waals surface area contributed by atoms with Gasteiger partial charge in [0, 0.05) is 16.6 Å². The van der Waals surface area contributed by atoms with Crippen LogP contribution in [0.2, 0.25) is 5.02 Å². The maximum absolute atomic E-state index is 14.0. The molecule has 2 nitrogen and oxygen atoms in total. The van der Waals surface area contributed by atoms with E-state index in [1.807, 2.05) is 13.8 Å². The van der Waals surface area contributed by atoms with Crippen molar-refractivity contribution in [1.82, 2.24) is 0 Å². The maximum atomic E-state index is 14.0. The molecule has 0 saturated carbocycles. The second-order valence-corrected chi connectivity index (χ2v) is 4.92. The highest BCUT2D eigenvalue weighted by molar-refractivity contribution is 9.10. The van der Waals surface area contributed by atoms with Gasteiger partial charge in [0.1, 0.15) is 5.82 Å². The molecule has 0 saturated heterocycles. The van der Waals surface area contributed by atoms with Crippen LogP contribution in [0.3, 0.4) is 0 Å². The molecule has 17 heavy (non-hydrogen) atoms. The predicted octanol–water partition coefficient (Wildman–Crippen LogP) is 4.06. The van der Waals surface area contributed by atoms with Gasteiger partial charge in [-0.1, -0.05) is 24.6 Å². The minimum atomic E-state index is -0.509. The van der Waals surface area contributed by atoms with Gasteiger partial charge in [-0.25, -0.2) is 4.39 Å². The molecular weight excluding hydrogens is 308 g/mol. The van der Waals surface area contributed by atoms with Crippen LogP contribution in [-0.4, -0.2) is 12.7 Å². The average Bonchev–Trinajstić information content (AvgIpc) is 2.32. The van der Waals surface area contributed by atoms with Crippen LogP contribution in [0.25, 0.3) is 0 Å². The molecule has 1 aromatic carbocycles. The number of hydrogen-bond donors (Lipinski definition) is 1. The van der Waals surface area contributed by atoms with Crippen molar-refractivity contribution in [3.63, 3.8) is 0 Å². The van der Waals surface area contributed by atoms with Crippen molar-refractivity contribution < 1.29 is 9.13 Å². The van der Waals surface area contributed by atoms with E-state index < -0.39 is 11.9 Å². The topological polar surface area (TPSA) is 35.2 Å². The Labute approximate surface area is 114 Å². The third-order valence-electron chi connectivity index (χ3n) is 2.61. The first-order chi connectivity index (χ1) is 8.02. The number of ether oxygens (including phenoxy) is 1. The summed E-state index contributed by atoms with van der Waals surface area (Å²) >= 11 is 9.00. The fraction of sp³-hybridized carbons (Fsp3) is 0.500. The minimum Gasteiger partial charge on any atom is -0.377 e. The van der Waals surface area contributed by atoms with E-state index >= 15 is 0 Å². The van der Waals surface area contributed by atoms with Crippen molar-refractivity contribution in [2.45, 2.75) is 32.4 Å². The van der Waals surface area contributed by atoms with Crippen LogP contribution >= 0.6 is 27.5 Å². The molecule has 1 rings (SSSR count). The highest BCUT2D eigenvalue weighted by atomic mass is 79.9. The molecule has 0 radical (unpaired) electrons. The Bertz CT molecular complexity index is 389. The summed E-state index contributed by atoms with van der Waals surface area (Å²) in [5.74, 6) is -0.480. The Kier molecular flexibility index (Phi) is 5.86. The zero-order valence-corrected chi connectivity index (χ0v) is 12.2. The molecular formula is C12H16BrClFNO. The fourth-order valence-corrected chi connectivity index (χ4v) is 2.17. The quantitative estimate of drug-likeness (QED) is 0.829. The molecule has 0 amide bonds. The van der Waals surface area contributed by atoms with Gasteiger partial charge in [-0.15, -0.1) is 0 Å².